The molecule has 1 heterocycles. The molecule has 3 rings (SSSR count). The molecule has 1 atom stereocenters. The van der Waals surface area contributed by atoms with Crippen molar-refractivity contribution in [2.45, 2.75) is 25.7 Å². The molecule has 1 saturated heterocycles. The van der Waals surface area contributed by atoms with Crippen LogP contribution >= 0.6 is 0 Å². The summed E-state index contributed by atoms with van der Waals surface area (Å²) in [5.41, 5.74) is 0.659. The highest BCUT2D eigenvalue weighted by atomic mass is 32.2. The summed E-state index contributed by atoms with van der Waals surface area (Å²) in [6.07, 6.45) is 2.65. The van der Waals surface area contributed by atoms with Gasteiger partial charge in [0.15, 0.2) is 12.6 Å². The van der Waals surface area contributed by atoms with E-state index in [1.54, 1.807) is 6.07 Å². The van der Waals surface area contributed by atoms with Crippen molar-refractivity contribution < 1.29 is 36.6 Å². The number of fused-ring (bicyclic) bond motifs is 1. The van der Waals surface area contributed by atoms with E-state index >= 15 is 4.39 Å². The number of nitrogens with zero attached hydrogens (tertiary/aromatic N) is 1. The van der Waals surface area contributed by atoms with Crippen molar-refractivity contribution in [3.63, 3.8) is 0 Å². The number of aryl methyl sites for hydroxylation is 1. The summed E-state index contributed by atoms with van der Waals surface area (Å²) in [4.78, 5) is 22.8. The molecule has 29 heavy (non-hydrogen) atoms. The van der Waals surface area contributed by atoms with Crippen LogP contribution in [0, 0.1) is 11.7 Å². The van der Waals surface area contributed by atoms with Gasteiger partial charge in [-0.05, 0) is 42.9 Å². The number of halogens is 1. The van der Waals surface area contributed by atoms with Crippen LogP contribution in [-0.2, 0) is 42.1 Å². The Morgan fingerprint density at radius 3 is 2.72 bits per heavy atom. The first kappa shape index (κ1) is 21.5. The van der Waals surface area contributed by atoms with Gasteiger partial charge in [-0.25, -0.2) is 13.4 Å². The van der Waals surface area contributed by atoms with E-state index in [9.17, 15) is 18.0 Å². The number of anilines is 1. The second-order valence-electron chi connectivity index (χ2n) is 6.85. The van der Waals surface area contributed by atoms with Crippen LogP contribution in [-0.4, -0.2) is 54.3 Å². The van der Waals surface area contributed by atoms with Crippen molar-refractivity contribution in [3.05, 3.63) is 23.0 Å². The topological polar surface area (TPSA) is 111 Å². The summed E-state index contributed by atoms with van der Waals surface area (Å²) >= 11 is 0. The monoisotopic (exact) mass is 430 g/mol. The fourth-order valence-corrected chi connectivity index (χ4v) is 4.60. The zero-order chi connectivity index (χ0) is 21.0. The first-order valence-electron chi connectivity index (χ1n) is 9.19. The zero-order valence-corrected chi connectivity index (χ0v) is 16.8. The molecule has 1 N–H and O–H groups in total. The first-order chi connectivity index (χ1) is 13.9. The SMILES string of the molecule is COCCOCOc1cc2c(c(F)c1N1CC(=O)NS1(=O)=O)CCC(C=O)CC2. The molecule has 160 valence electrons. The third-order valence-corrected chi connectivity index (χ3v) is 6.32. The molecular weight excluding hydrogens is 407 g/mol. The van der Waals surface area contributed by atoms with Crippen molar-refractivity contribution in [1.82, 2.24) is 4.72 Å². The Morgan fingerprint density at radius 1 is 1.31 bits per heavy atom. The van der Waals surface area contributed by atoms with Gasteiger partial charge in [0.05, 0.1) is 13.2 Å². The normalized spacial score (nSPS) is 20.7. The number of nitrogens with one attached hydrogen (secondary N) is 1. The number of ether oxygens (including phenoxy) is 3. The fraction of sp³-hybridized carbons (Fsp3) is 0.556. The van der Waals surface area contributed by atoms with E-state index in [1.165, 1.54) is 7.11 Å². The first-order valence-corrected chi connectivity index (χ1v) is 10.6. The number of amides is 1. The number of carbonyl (C=O) groups is 2. The van der Waals surface area contributed by atoms with Crippen molar-refractivity contribution in [2.24, 2.45) is 5.92 Å². The van der Waals surface area contributed by atoms with E-state index in [1.807, 2.05) is 4.72 Å². The minimum Gasteiger partial charge on any atom is -0.465 e. The second kappa shape index (κ2) is 9.06. The molecule has 0 bridgehead atoms. The van der Waals surface area contributed by atoms with E-state index in [-0.39, 0.29) is 37.2 Å². The minimum absolute atomic E-state index is 0.0386. The molecule has 1 fully saturated rings. The van der Waals surface area contributed by atoms with E-state index in [2.05, 4.69) is 0 Å². The summed E-state index contributed by atoms with van der Waals surface area (Å²) in [5, 5.41) is 0. The Hall–Kier alpha value is -2.24. The number of hydrogen-bond donors (Lipinski definition) is 1. The quantitative estimate of drug-likeness (QED) is 0.280. The van der Waals surface area contributed by atoms with E-state index in [4.69, 9.17) is 14.2 Å². The molecule has 1 aromatic rings. The molecule has 1 aromatic carbocycles. The van der Waals surface area contributed by atoms with Gasteiger partial charge in [-0.1, -0.05) is 0 Å². The molecule has 0 radical (unpaired) electrons. The van der Waals surface area contributed by atoms with Crippen LogP contribution in [0.25, 0.3) is 0 Å². The van der Waals surface area contributed by atoms with Gasteiger partial charge in [0.1, 0.15) is 24.3 Å². The summed E-state index contributed by atoms with van der Waals surface area (Å²) < 4.78 is 58.3. The predicted octanol–water partition coefficient (Wildman–Crippen LogP) is 0.700. The van der Waals surface area contributed by atoms with Gasteiger partial charge in [-0.15, -0.1) is 0 Å². The number of hydrogen-bond acceptors (Lipinski definition) is 7. The number of rotatable bonds is 8. The van der Waals surface area contributed by atoms with Crippen molar-refractivity contribution in [1.29, 1.82) is 0 Å². The van der Waals surface area contributed by atoms with Crippen LogP contribution in [0.3, 0.4) is 0 Å². The number of methoxy groups -OCH3 is 1. The summed E-state index contributed by atoms with van der Waals surface area (Å²) in [6, 6.07) is 1.57. The van der Waals surface area contributed by atoms with Gasteiger partial charge in [0.2, 0.25) is 0 Å². The number of benzene rings is 1. The highest BCUT2D eigenvalue weighted by molar-refractivity contribution is 7.92. The average molecular weight is 430 g/mol. The minimum atomic E-state index is -4.23. The maximum atomic E-state index is 15.5. The molecule has 0 spiro atoms. The lowest BCUT2D eigenvalue weighted by Crippen LogP contribution is -2.31. The lowest BCUT2D eigenvalue weighted by Gasteiger charge is -2.22. The van der Waals surface area contributed by atoms with Crippen LogP contribution in [0.15, 0.2) is 6.07 Å². The Kier molecular flexibility index (Phi) is 6.70. The van der Waals surface area contributed by atoms with E-state index < -0.39 is 28.5 Å². The molecule has 11 heteroatoms. The Balaban J connectivity index is 1.98. The van der Waals surface area contributed by atoms with Crippen molar-refractivity contribution in [3.8, 4) is 5.75 Å². The van der Waals surface area contributed by atoms with E-state index in [0.29, 0.717) is 41.3 Å². The van der Waals surface area contributed by atoms with Gasteiger partial charge >= 0.3 is 10.2 Å². The standard InChI is InChI=1S/C18H23FN2O7S/c1-26-6-7-27-11-28-15-8-13-4-2-12(10-22)3-5-14(13)17(19)18(15)21-9-16(23)20-29(21,24)25/h8,10,12H,2-7,9,11H2,1H3,(H,20,23). The highest BCUT2D eigenvalue weighted by Gasteiger charge is 2.39. The van der Waals surface area contributed by atoms with Crippen LogP contribution in [0.1, 0.15) is 24.0 Å². The maximum absolute atomic E-state index is 15.5. The largest absolute Gasteiger partial charge is 0.465 e. The Labute approximate surface area is 168 Å². The molecular formula is C18H23FN2O7S. The maximum Gasteiger partial charge on any atom is 0.326 e. The molecule has 1 amide bonds. The van der Waals surface area contributed by atoms with Crippen LogP contribution in [0.2, 0.25) is 0 Å². The molecule has 2 aliphatic rings. The van der Waals surface area contributed by atoms with Crippen molar-refractivity contribution in [2.75, 3.05) is 38.0 Å². The fourth-order valence-electron chi connectivity index (χ4n) is 3.44. The molecule has 0 saturated carbocycles. The van der Waals surface area contributed by atoms with Crippen molar-refractivity contribution >= 4 is 28.1 Å². The van der Waals surface area contributed by atoms with Gasteiger partial charge in [0, 0.05) is 13.0 Å². The number of carbonyl (C=O) groups excluding carboxylic acids is 2. The average Bonchev–Trinajstić information content (AvgIpc) is 2.83. The van der Waals surface area contributed by atoms with Gasteiger partial charge in [0.25, 0.3) is 5.91 Å². The second-order valence-corrected chi connectivity index (χ2v) is 8.44. The van der Waals surface area contributed by atoms with Gasteiger partial charge in [-0.2, -0.15) is 8.42 Å². The van der Waals surface area contributed by atoms with E-state index in [0.717, 1.165) is 6.29 Å². The Morgan fingerprint density at radius 2 is 2.07 bits per heavy atom. The van der Waals surface area contributed by atoms with Gasteiger partial charge in [-0.3, -0.25) is 4.79 Å². The highest BCUT2D eigenvalue weighted by Crippen LogP contribution is 2.40. The molecule has 0 aromatic heterocycles. The third-order valence-electron chi connectivity index (χ3n) is 4.94. The molecule has 1 aliphatic carbocycles. The smallest absolute Gasteiger partial charge is 0.326 e. The molecule has 1 unspecified atom stereocenters. The lowest BCUT2D eigenvalue weighted by atomic mass is 10.0. The van der Waals surface area contributed by atoms with Crippen LogP contribution < -0.4 is 13.8 Å². The lowest BCUT2D eigenvalue weighted by molar-refractivity contribution is -0.117. The Bertz CT molecular complexity index is 891. The summed E-state index contributed by atoms with van der Waals surface area (Å²) in [5.74, 6) is -1.75. The third kappa shape index (κ3) is 4.68. The molecule has 9 nitrogen and oxygen atoms in total. The number of aldehydes is 1. The summed E-state index contributed by atoms with van der Waals surface area (Å²) in [7, 11) is -2.71. The van der Waals surface area contributed by atoms with Gasteiger partial charge < -0.3 is 19.0 Å². The molecule has 1 aliphatic heterocycles. The zero-order valence-electron chi connectivity index (χ0n) is 16.0. The predicted molar refractivity (Wildman–Crippen MR) is 100 cm³/mol. The van der Waals surface area contributed by atoms with Crippen LogP contribution in [0.5, 0.6) is 5.75 Å². The van der Waals surface area contributed by atoms with Crippen LogP contribution in [0.4, 0.5) is 10.1 Å². The summed E-state index contributed by atoms with van der Waals surface area (Å²) in [6.45, 7) is -0.222.